The number of nitrogens with zero attached hydrogens (tertiary/aromatic N) is 3. The van der Waals surface area contributed by atoms with Crippen LogP contribution in [0.15, 0.2) is 29.4 Å². The number of oxime groups is 1. The van der Waals surface area contributed by atoms with E-state index in [4.69, 9.17) is 32.8 Å². The Bertz CT molecular complexity index is 1050. The summed E-state index contributed by atoms with van der Waals surface area (Å²) in [5.74, 6) is -0.892. The molecule has 10 heteroatoms. The number of rotatable bonds is 8. The number of esters is 1. The smallest absolute Gasteiger partial charge is 0.354 e. The van der Waals surface area contributed by atoms with E-state index in [-0.39, 0.29) is 43.6 Å². The first-order chi connectivity index (χ1) is 15.2. The molecule has 3 rings (SSSR count). The lowest BCUT2D eigenvalue weighted by Crippen LogP contribution is -2.43. The third-order valence-electron chi connectivity index (χ3n) is 5.03. The highest BCUT2D eigenvalue weighted by molar-refractivity contribution is 6.34. The zero-order valence-corrected chi connectivity index (χ0v) is 20.0. The van der Waals surface area contributed by atoms with Crippen molar-refractivity contribution >= 4 is 40.8 Å². The molecule has 2 heterocycles. The van der Waals surface area contributed by atoms with E-state index < -0.39 is 11.6 Å². The highest BCUT2D eigenvalue weighted by Gasteiger charge is 2.48. The van der Waals surface area contributed by atoms with Gasteiger partial charge in [-0.1, -0.05) is 40.5 Å². The summed E-state index contributed by atoms with van der Waals surface area (Å²) in [4.78, 5) is 31.2. The van der Waals surface area contributed by atoms with Crippen molar-refractivity contribution in [2.75, 3.05) is 13.2 Å². The van der Waals surface area contributed by atoms with Gasteiger partial charge in [0.05, 0.1) is 29.6 Å². The molecule has 1 unspecified atom stereocenters. The summed E-state index contributed by atoms with van der Waals surface area (Å²) >= 11 is 12.4. The summed E-state index contributed by atoms with van der Waals surface area (Å²) in [6, 6.07) is 7.14. The second-order valence-electron chi connectivity index (χ2n) is 7.92. The molecular weight excluding hydrogens is 455 g/mol. The van der Waals surface area contributed by atoms with E-state index in [1.54, 1.807) is 36.7 Å². The summed E-state index contributed by atoms with van der Waals surface area (Å²) in [6.07, 6.45) is 0.410. The van der Waals surface area contributed by atoms with Crippen LogP contribution in [-0.4, -0.2) is 46.1 Å². The molecule has 0 aliphatic carbocycles. The third-order valence-corrected chi connectivity index (χ3v) is 5.72. The highest BCUT2D eigenvalue weighted by Crippen LogP contribution is 2.31. The van der Waals surface area contributed by atoms with Crippen molar-refractivity contribution in [2.45, 2.75) is 52.2 Å². The normalized spacial score (nSPS) is 17.8. The van der Waals surface area contributed by atoms with Gasteiger partial charge in [0.2, 0.25) is 5.60 Å². The number of aromatic nitrogens is 2. The zero-order chi connectivity index (χ0) is 23.5. The van der Waals surface area contributed by atoms with Crippen LogP contribution < -0.4 is 5.32 Å². The minimum absolute atomic E-state index is 0.0386. The molecule has 0 spiro atoms. The lowest BCUT2D eigenvalue weighted by molar-refractivity contribution is -0.168. The second-order valence-corrected chi connectivity index (χ2v) is 8.73. The van der Waals surface area contributed by atoms with E-state index in [0.29, 0.717) is 21.5 Å². The number of amides is 1. The number of benzene rings is 1. The number of carbonyl (C=O) groups excluding carboxylic acids is 2. The number of hydrogen-bond donors (Lipinski definition) is 1. The minimum atomic E-state index is -1.31. The number of ether oxygens (including phenoxy) is 1. The Labute approximate surface area is 196 Å². The summed E-state index contributed by atoms with van der Waals surface area (Å²) < 4.78 is 6.83. The molecule has 1 aromatic carbocycles. The number of nitrogens with one attached hydrogen (secondary N) is 1. The predicted molar refractivity (Wildman–Crippen MR) is 122 cm³/mol. The van der Waals surface area contributed by atoms with Crippen LogP contribution in [0.5, 0.6) is 0 Å². The first-order valence-corrected chi connectivity index (χ1v) is 11.1. The summed E-state index contributed by atoms with van der Waals surface area (Å²) in [6.45, 7) is 7.61. The van der Waals surface area contributed by atoms with Crippen LogP contribution in [0.2, 0.25) is 10.0 Å². The molecule has 1 aliphatic rings. The third kappa shape index (κ3) is 5.07. The topological polar surface area (TPSA) is 94.8 Å². The number of halogens is 2. The summed E-state index contributed by atoms with van der Waals surface area (Å²) in [5.41, 5.74) is 0.879. The predicted octanol–water partition coefficient (Wildman–Crippen LogP) is 4.13. The molecular formula is C22H26Cl2N4O4. The van der Waals surface area contributed by atoms with E-state index in [0.717, 1.165) is 5.56 Å². The van der Waals surface area contributed by atoms with E-state index in [9.17, 15) is 9.59 Å². The van der Waals surface area contributed by atoms with Crippen LogP contribution >= 0.6 is 23.2 Å². The van der Waals surface area contributed by atoms with Gasteiger partial charge in [-0.15, -0.1) is 0 Å². The molecule has 0 saturated carbocycles. The monoisotopic (exact) mass is 480 g/mol. The molecule has 1 amide bonds. The van der Waals surface area contributed by atoms with Crippen molar-refractivity contribution < 1.29 is 19.2 Å². The van der Waals surface area contributed by atoms with Gasteiger partial charge in [-0.05, 0) is 45.4 Å². The SMILES string of the molecule is CCOC(=O)C1(Cc2cccc(Cl)c2)CC(CNC(=O)c2c(Cl)c(C)nn2C(C)C)=NO1. The van der Waals surface area contributed by atoms with Crippen molar-refractivity contribution in [3.8, 4) is 0 Å². The lowest BCUT2D eigenvalue weighted by Gasteiger charge is -2.24. The fourth-order valence-electron chi connectivity index (χ4n) is 3.53. The van der Waals surface area contributed by atoms with Gasteiger partial charge in [-0.3, -0.25) is 9.48 Å². The van der Waals surface area contributed by atoms with Crippen LogP contribution in [-0.2, 0) is 20.8 Å². The zero-order valence-electron chi connectivity index (χ0n) is 18.4. The molecule has 8 nitrogen and oxygen atoms in total. The van der Waals surface area contributed by atoms with Crippen LogP contribution in [0.1, 0.15) is 55.0 Å². The van der Waals surface area contributed by atoms with Gasteiger partial charge in [0.25, 0.3) is 5.91 Å². The van der Waals surface area contributed by atoms with Crippen LogP contribution in [0.3, 0.4) is 0 Å². The second kappa shape index (κ2) is 9.92. The van der Waals surface area contributed by atoms with Crippen molar-refractivity contribution in [2.24, 2.45) is 5.16 Å². The largest absolute Gasteiger partial charge is 0.463 e. The van der Waals surface area contributed by atoms with Gasteiger partial charge in [-0.25, -0.2) is 4.79 Å². The molecule has 0 saturated heterocycles. The molecule has 1 aromatic heterocycles. The Morgan fingerprint density at radius 2 is 2.09 bits per heavy atom. The molecule has 2 aromatic rings. The quantitative estimate of drug-likeness (QED) is 0.573. The molecule has 32 heavy (non-hydrogen) atoms. The van der Waals surface area contributed by atoms with Crippen LogP contribution in [0.4, 0.5) is 0 Å². The van der Waals surface area contributed by atoms with E-state index in [1.807, 2.05) is 19.9 Å². The number of hydrogen-bond acceptors (Lipinski definition) is 6. The van der Waals surface area contributed by atoms with Crippen molar-refractivity contribution in [3.63, 3.8) is 0 Å². The van der Waals surface area contributed by atoms with E-state index >= 15 is 0 Å². The van der Waals surface area contributed by atoms with Crippen molar-refractivity contribution in [1.82, 2.24) is 15.1 Å². The Morgan fingerprint density at radius 3 is 2.75 bits per heavy atom. The van der Waals surface area contributed by atoms with E-state index in [1.165, 1.54) is 0 Å². The Hall–Kier alpha value is -2.58. The van der Waals surface area contributed by atoms with Gasteiger partial charge in [0, 0.05) is 23.9 Å². The minimum Gasteiger partial charge on any atom is -0.463 e. The molecule has 172 valence electrons. The molecule has 1 atom stereocenters. The van der Waals surface area contributed by atoms with Gasteiger partial charge in [-0.2, -0.15) is 5.10 Å². The standard InChI is InChI=1S/C22H26Cl2N4O4/c1-5-31-21(30)22(10-15-7-6-8-16(23)9-15)11-17(27-32-22)12-25-20(29)19-18(24)14(4)26-28(19)13(2)3/h6-9,13H,5,10-12H2,1-4H3,(H,25,29). The maximum absolute atomic E-state index is 12.8. The summed E-state index contributed by atoms with van der Waals surface area (Å²) in [7, 11) is 0. The highest BCUT2D eigenvalue weighted by atomic mass is 35.5. The van der Waals surface area contributed by atoms with Gasteiger partial charge in [0.1, 0.15) is 5.69 Å². The molecule has 0 radical (unpaired) electrons. The maximum atomic E-state index is 12.8. The first-order valence-electron chi connectivity index (χ1n) is 10.3. The lowest BCUT2D eigenvalue weighted by atomic mass is 9.89. The van der Waals surface area contributed by atoms with Crippen molar-refractivity contribution in [1.29, 1.82) is 0 Å². The van der Waals surface area contributed by atoms with Gasteiger partial charge >= 0.3 is 5.97 Å². The Kier molecular flexibility index (Phi) is 7.46. The van der Waals surface area contributed by atoms with Crippen LogP contribution in [0.25, 0.3) is 0 Å². The Morgan fingerprint density at radius 1 is 1.34 bits per heavy atom. The number of carbonyl (C=O) groups is 2. The molecule has 1 aliphatic heterocycles. The van der Waals surface area contributed by atoms with Crippen LogP contribution in [0, 0.1) is 6.92 Å². The average Bonchev–Trinajstić information content (AvgIpc) is 3.28. The fourth-order valence-corrected chi connectivity index (χ4v) is 3.95. The summed E-state index contributed by atoms with van der Waals surface area (Å²) in [5, 5.41) is 12.1. The average molecular weight is 481 g/mol. The molecule has 0 fully saturated rings. The van der Waals surface area contributed by atoms with Gasteiger partial charge in [0.15, 0.2) is 0 Å². The van der Waals surface area contributed by atoms with Gasteiger partial charge < -0.3 is 14.9 Å². The fraction of sp³-hybridized carbons (Fsp3) is 0.455. The first kappa shape index (κ1) is 24.1. The Balaban J connectivity index is 1.73. The molecule has 0 bridgehead atoms. The van der Waals surface area contributed by atoms with E-state index in [2.05, 4.69) is 15.6 Å². The maximum Gasteiger partial charge on any atom is 0.354 e. The number of aryl methyl sites for hydroxylation is 1. The van der Waals surface area contributed by atoms with Crippen molar-refractivity contribution in [3.05, 3.63) is 51.3 Å². The molecule has 1 N–H and O–H groups in total.